The fraction of sp³-hybridized carbons (Fsp3) is 0.412. The van der Waals surface area contributed by atoms with Gasteiger partial charge in [-0.3, -0.25) is 9.78 Å². The third-order valence-corrected chi connectivity index (χ3v) is 4.24. The van der Waals surface area contributed by atoms with Gasteiger partial charge in [-0.2, -0.15) is 0 Å². The van der Waals surface area contributed by atoms with Gasteiger partial charge in [-0.1, -0.05) is 31.2 Å². The highest BCUT2D eigenvalue weighted by Gasteiger charge is 2.27. The lowest BCUT2D eigenvalue weighted by Crippen LogP contribution is -2.43. The van der Waals surface area contributed by atoms with Gasteiger partial charge in [-0.05, 0) is 37.1 Å². The summed E-state index contributed by atoms with van der Waals surface area (Å²) >= 11 is 0. The minimum atomic E-state index is 0.0911. The highest BCUT2D eigenvalue weighted by molar-refractivity contribution is 6.05. The predicted octanol–water partition coefficient (Wildman–Crippen LogP) is 3.64. The summed E-state index contributed by atoms with van der Waals surface area (Å²) in [6.45, 7) is 3.02. The zero-order valence-corrected chi connectivity index (χ0v) is 11.9. The molecule has 104 valence electrons. The van der Waals surface area contributed by atoms with Crippen LogP contribution in [0.15, 0.2) is 36.5 Å². The number of hydrogen-bond acceptors (Lipinski definition) is 2. The van der Waals surface area contributed by atoms with Crippen molar-refractivity contribution in [2.75, 3.05) is 6.54 Å². The first kappa shape index (κ1) is 13.1. The number of piperidine rings is 1. The van der Waals surface area contributed by atoms with E-state index in [9.17, 15) is 4.79 Å². The van der Waals surface area contributed by atoms with Crippen molar-refractivity contribution in [2.24, 2.45) is 0 Å². The van der Waals surface area contributed by atoms with E-state index in [1.54, 1.807) is 6.20 Å². The summed E-state index contributed by atoms with van der Waals surface area (Å²) < 4.78 is 0. The quantitative estimate of drug-likeness (QED) is 0.833. The average molecular weight is 268 g/mol. The van der Waals surface area contributed by atoms with Crippen molar-refractivity contribution >= 4 is 16.7 Å². The molecule has 1 fully saturated rings. The molecule has 0 bridgehead atoms. The van der Waals surface area contributed by atoms with Gasteiger partial charge < -0.3 is 4.90 Å². The zero-order valence-electron chi connectivity index (χ0n) is 11.9. The van der Waals surface area contributed by atoms with Crippen LogP contribution in [0.25, 0.3) is 10.8 Å². The lowest BCUT2D eigenvalue weighted by Gasteiger charge is -2.35. The summed E-state index contributed by atoms with van der Waals surface area (Å²) in [6, 6.07) is 10.3. The van der Waals surface area contributed by atoms with Gasteiger partial charge in [0.1, 0.15) is 5.69 Å². The molecule has 0 radical (unpaired) electrons. The minimum Gasteiger partial charge on any atom is -0.334 e. The largest absolute Gasteiger partial charge is 0.334 e. The molecule has 0 aliphatic carbocycles. The summed E-state index contributed by atoms with van der Waals surface area (Å²) in [6.07, 6.45) is 6.21. The van der Waals surface area contributed by atoms with Crippen LogP contribution >= 0.6 is 0 Å². The van der Waals surface area contributed by atoms with Crippen LogP contribution in [0.1, 0.15) is 43.1 Å². The molecule has 3 rings (SSSR count). The van der Waals surface area contributed by atoms with E-state index in [0.29, 0.717) is 11.7 Å². The number of carbonyl (C=O) groups is 1. The molecule has 2 aromatic rings. The molecule has 1 saturated heterocycles. The van der Waals surface area contributed by atoms with Crippen molar-refractivity contribution in [3.8, 4) is 0 Å². The van der Waals surface area contributed by atoms with Gasteiger partial charge in [0.25, 0.3) is 5.91 Å². The zero-order chi connectivity index (χ0) is 13.9. The fourth-order valence-corrected chi connectivity index (χ4v) is 3.12. The second-order valence-corrected chi connectivity index (χ2v) is 5.44. The molecule has 1 amide bonds. The lowest BCUT2D eigenvalue weighted by molar-refractivity contribution is 0.0604. The molecule has 3 heteroatoms. The van der Waals surface area contributed by atoms with Gasteiger partial charge in [0.05, 0.1) is 0 Å². The van der Waals surface area contributed by atoms with E-state index in [2.05, 4.69) is 11.9 Å². The first-order chi connectivity index (χ1) is 9.81. The average Bonchev–Trinajstić information content (AvgIpc) is 2.53. The number of aromatic nitrogens is 1. The number of fused-ring (bicyclic) bond motifs is 1. The van der Waals surface area contributed by atoms with E-state index in [0.717, 1.165) is 36.6 Å². The van der Waals surface area contributed by atoms with Crippen molar-refractivity contribution in [1.29, 1.82) is 0 Å². The van der Waals surface area contributed by atoms with Crippen LogP contribution in [-0.2, 0) is 0 Å². The maximum absolute atomic E-state index is 12.8. The molecule has 1 atom stereocenters. The SMILES string of the molecule is CCC1CCCCN1C(=O)c1nccc2ccccc12. The molecule has 0 saturated carbocycles. The Bertz CT molecular complexity index is 618. The minimum absolute atomic E-state index is 0.0911. The van der Waals surface area contributed by atoms with E-state index in [1.165, 1.54) is 6.42 Å². The molecule has 20 heavy (non-hydrogen) atoms. The third-order valence-electron chi connectivity index (χ3n) is 4.24. The molecule has 1 aromatic carbocycles. The van der Waals surface area contributed by atoms with Crippen molar-refractivity contribution in [3.63, 3.8) is 0 Å². The van der Waals surface area contributed by atoms with E-state index < -0.39 is 0 Å². The molecule has 1 unspecified atom stereocenters. The number of likely N-dealkylation sites (tertiary alicyclic amines) is 1. The van der Waals surface area contributed by atoms with Crippen molar-refractivity contribution < 1.29 is 4.79 Å². The molecular formula is C17H20N2O. The smallest absolute Gasteiger partial charge is 0.273 e. The van der Waals surface area contributed by atoms with E-state index in [-0.39, 0.29) is 5.91 Å². The van der Waals surface area contributed by atoms with Crippen LogP contribution in [0, 0.1) is 0 Å². The Balaban J connectivity index is 1.99. The monoisotopic (exact) mass is 268 g/mol. The van der Waals surface area contributed by atoms with Crippen LogP contribution in [-0.4, -0.2) is 28.4 Å². The number of rotatable bonds is 2. The fourth-order valence-electron chi connectivity index (χ4n) is 3.12. The summed E-state index contributed by atoms with van der Waals surface area (Å²) in [5, 5.41) is 2.04. The van der Waals surface area contributed by atoms with Crippen molar-refractivity contribution in [1.82, 2.24) is 9.88 Å². The van der Waals surface area contributed by atoms with Gasteiger partial charge in [0.2, 0.25) is 0 Å². The highest BCUT2D eigenvalue weighted by atomic mass is 16.2. The number of amides is 1. The Labute approximate surface area is 119 Å². The second-order valence-electron chi connectivity index (χ2n) is 5.44. The number of benzene rings is 1. The third kappa shape index (κ3) is 2.28. The molecule has 3 nitrogen and oxygen atoms in total. The van der Waals surface area contributed by atoms with E-state index in [4.69, 9.17) is 0 Å². The number of carbonyl (C=O) groups excluding carboxylic acids is 1. The molecule has 2 heterocycles. The Hall–Kier alpha value is -1.90. The number of nitrogens with zero attached hydrogens (tertiary/aromatic N) is 2. The Morgan fingerprint density at radius 1 is 1.30 bits per heavy atom. The topological polar surface area (TPSA) is 33.2 Å². The van der Waals surface area contributed by atoms with E-state index >= 15 is 0 Å². The van der Waals surface area contributed by atoms with Crippen molar-refractivity contribution in [2.45, 2.75) is 38.6 Å². The normalized spacial score (nSPS) is 19.2. The predicted molar refractivity (Wildman–Crippen MR) is 80.7 cm³/mol. The first-order valence-corrected chi connectivity index (χ1v) is 7.46. The van der Waals surface area contributed by atoms with Crippen molar-refractivity contribution in [3.05, 3.63) is 42.2 Å². The van der Waals surface area contributed by atoms with Gasteiger partial charge in [0, 0.05) is 24.2 Å². The molecule has 0 N–H and O–H groups in total. The van der Waals surface area contributed by atoms with E-state index in [1.807, 2.05) is 35.2 Å². The van der Waals surface area contributed by atoms with Gasteiger partial charge >= 0.3 is 0 Å². The van der Waals surface area contributed by atoms with Gasteiger partial charge in [-0.25, -0.2) is 0 Å². The first-order valence-electron chi connectivity index (χ1n) is 7.46. The Kier molecular flexibility index (Phi) is 3.68. The van der Waals surface area contributed by atoms with Gasteiger partial charge in [-0.15, -0.1) is 0 Å². The Morgan fingerprint density at radius 3 is 3.00 bits per heavy atom. The summed E-state index contributed by atoms with van der Waals surface area (Å²) in [7, 11) is 0. The van der Waals surface area contributed by atoms with Gasteiger partial charge in [0.15, 0.2) is 0 Å². The summed E-state index contributed by atoms with van der Waals surface area (Å²) in [5.41, 5.74) is 0.600. The maximum atomic E-state index is 12.8. The number of pyridine rings is 1. The Morgan fingerprint density at radius 2 is 2.15 bits per heavy atom. The second kappa shape index (κ2) is 5.61. The van der Waals surface area contributed by atoms with Crippen LogP contribution < -0.4 is 0 Å². The standard InChI is InChI=1S/C17H20N2O/c1-2-14-8-5-6-12-19(14)17(20)16-15-9-4-3-7-13(15)10-11-18-16/h3-4,7,9-11,14H,2,5-6,8,12H2,1H3. The molecule has 0 spiro atoms. The van der Waals surface area contributed by atoms with Crippen LogP contribution in [0.4, 0.5) is 0 Å². The van der Waals surface area contributed by atoms with Crippen LogP contribution in [0.3, 0.4) is 0 Å². The molecule has 1 aromatic heterocycles. The molecular weight excluding hydrogens is 248 g/mol. The molecule has 1 aliphatic heterocycles. The summed E-state index contributed by atoms with van der Waals surface area (Å²) in [4.78, 5) is 19.2. The number of hydrogen-bond donors (Lipinski definition) is 0. The lowest BCUT2D eigenvalue weighted by atomic mass is 9.99. The molecule has 1 aliphatic rings. The van der Waals surface area contributed by atoms with Crippen LogP contribution in [0.5, 0.6) is 0 Å². The highest BCUT2D eigenvalue weighted by Crippen LogP contribution is 2.24. The van der Waals surface area contributed by atoms with Crippen LogP contribution in [0.2, 0.25) is 0 Å². The summed E-state index contributed by atoms with van der Waals surface area (Å²) in [5.74, 6) is 0.0911. The maximum Gasteiger partial charge on any atom is 0.273 e.